The molecule has 0 aromatic carbocycles. The van der Waals surface area contributed by atoms with Gasteiger partial charge >= 0.3 is 75.3 Å². The minimum atomic E-state index is -1.04. The fourth-order valence-corrected chi connectivity index (χ4v) is 7.46. The summed E-state index contributed by atoms with van der Waals surface area (Å²) >= 11 is 13.3. The molecule has 0 aliphatic heterocycles. The van der Waals surface area contributed by atoms with E-state index in [0.29, 0.717) is 32.3 Å². The van der Waals surface area contributed by atoms with Crippen LogP contribution in [-0.4, -0.2) is 68.8 Å². The van der Waals surface area contributed by atoms with Gasteiger partial charge in [0, 0.05) is 15.7 Å². The summed E-state index contributed by atoms with van der Waals surface area (Å²) in [5.74, 6) is -3.15. The second kappa shape index (κ2) is 57.7. The van der Waals surface area contributed by atoms with E-state index in [-0.39, 0.29) is 5.97 Å². The van der Waals surface area contributed by atoms with Crippen molar-refractivity contribution < 1.29 is 39.2 Å². The van der Waals surface area contributed by atoms with Crippen LogP contribution in [-0.2, 0) is 23.9 Å². The molecule has 0 spiro atoms. The van der Waals surface area contributed by atoms with E-state index in [0.717, 1.165) is 55.8 Å². The molecule has 3 atom stereocenters. The molecule has 0 amide bonds. The number of carboxylic acid groups (broad SMARTS) is 3. The Bertz CT molecular complexity index is 835. The summed E-state index contributed by atoms with van der Waals surface area (Å²) < 4.78 is 5.87. The van der Waals surface area contributed by atoms with E-state index in [2.05, 4.69) is 65.6 Å². The third-order valence-corrected chi connectivity index (χ3v) is 12.5. The van der Waals surface area contributed by atoms with Gasteiger partial charge in [-0.1, -0.05) is 213 Å². The topological polar surface area (TPSA) is 147 Å². The molecule has 12 heteroatoms. The third-order valence-electron chi connectivity index (χ3n) is 10.4. The van der Waals surface area contributed by atoms with Gasteiger partial charge in [-0.05, 0) is 19.3 Å². The Morgan fingerprint density at radius 2 is 0.607 bits per heavy atom. The zero-order valence-electron chi connectivity index (χ0n) is 39.7. The number of rotatable bonds is 41. The summed E-state index contributed by atoms with van der Waals surface area (Å²) in [5, 5.41) is 29.5. The van der Waals surface area contributed by atoms with Gasteiger partial charge in [0.05, 0.1) is 17.9 Å². The van der Waals surface area contributed by atoms with Crippen molar-refractivity contribution in [1.82, 2.24) is 0 Å². The van der Waals surface area contributed by atoms with Crippen LogP contribution in [0.15, 0.2) is 0 Å². The van der Waals surface area contributed by atoms with Gasteiger partial charge in [-0.15, -0.1) is 0 Å². The van der Waals surface area contributed by atoms with Crippen LogP contribution in [0.5, 0.6) is 0 Å². The Morgan fingerprint density at radius 1 is 0.393 bits per heavy atom. The van der Waals surface area contributed by atoms with E-state index in [1.807, 2.05) is 0 Å². The number of carbonyl (C=O) groups excluding carboxylic acids is 4. The molecular weight excluding hydrogens is 931 g/mol. The van der Waals surface area contributed by atoms with E-state index in [9.17, 15) is 34.5 Å². The van der Waals surface area contributed by atoms with Crippen molar-refractivity contribution in [3.05, 3.63) is 0 Å². The second-order valence-electron chi connectivity index (χ2n) is 16.5. The molecule has 8 nitrogen and oxygen atoms in total. The molecule has 0 rings (SSSR count). The van der Waals surface area contributed by atoms with Gasteiger partial charge in [0.2, 0.25) is 0 Å². The second-order valence-corrected chi connectivity index (χ2v) is 19.8. The fraction of sp³-hybridized carbons (Fsp3) is 0.918. The molecule has 0 N–H and O–H groups in total. The summed E-state index contributed by atoms with van der Waals surface area (Å²) in [6, 6.07) is 0. The quantitative estimate of drug-likeness (QED) is 0.0237. The van der Waals surface area contributed by atoms with Crippen molar-refractivity contribution in [1.29, 1.82) is 0 Å². The van der Waals surface area contributed by atoms with Crippen molar-refractivity contribution in [2.45, 2.75) is 279 Å². The monoisotopic (exact) mass is 1030 g/mol. The van der Waals surface area contributed by atoms with Crippen LogP contribution in [0.2, 0.25) is 4.44 Å². The first-order chi connectivity index (χ1) is 29.4. The SMILES string of the molecule is CCCCCCCCCCCCC(S)C(=O)[O-].CCCCCCCCCCCCC(S)C(=O)[O-].CCCCCCCCCCCCC(S)C(=O)[O-].CCCCOC(=O)C[CH2][Sn+3]. The minimum absolute atomic E-state index is 0.0368. The standard InChI is InChI=1S/3C14H28O2S.C7H13O2.Sn/c3*1-2-3-4-5-6-7-8-9-10-11-12-13(17)14(15)16;1-3-5-6-9-7(8)4-2;/h3*13,17H,2-12H2,1H3,(H,15,16);2-6H2,1H3;/q;;;;+3/p-3. The summed E-state index contributed by atoms with van der Waals surface area (Å²) in [6.07, 6.45) is 42.7. The molecule has 0 saturated carbocycles. The number of ether oxygens (including phenoxy) is 1. The van der Waals surface area contributed by atoms with Gasteiger partial charge in [0.15, 0.2) is 0 Å². The van der Waals surface area contributed by atoms with E-state index in [1.165, 1.54) is 177 Å². The predicted molar refractivity (Wildman–Crippen MR) is 264 cm³/mol. The van der Waals surface area contributed by atoms with Crippen molar-refractivity contribution in [2.75, 3.05) is 6.61 Å². The Hall–Kier alpha value is -0.271. The first kappa shape index (κ1) is 67.3. The molecule has 0 aromatic rings. The van der Waals surface area contributed by atoms with Crippen molar-refractivity contribution in [3.63, 3.8) is 0 Å². The Labute approximate surface area is 406 Å². The van der Waals surface area contributed by atoms with Crippen molar-refractivity contribution >= 4 is 84.3 Å². The zero-order valence-corrected chi connectivity index (χ0v) is 45.2. The number of carboxylic acids is 3. The maximum atomic E-state index is 10.7. The molecule has 0 bridgehead atoms. The van der Waals surface area contributed by atoms with E-state index < -0.39 is 33.7 Å². The van der Waals surface area contributed by atoms with E-state index in [4.69, 9.17) is 4.74 Å². The summed E-state index contributed by atoms with van der Waals surface area (Å²) in [4.78, 5) is 41.9. The first-order valence-electron chi connectivity index (χ1n) is 24.8. The summed E-state index contributed by atoms with van der Waals surface area (Å²) in [5.41, 5.74) is 0. The summed E-state index contributed by atoms with van der Waals surface area (Å²) in [6.45, 7) is 9.40. The Morgan fingerprint density at radius 3 is 0.803 bits per heavy atom. The van der Waals surface area contributed by atoms with Crippen LogP contribution < -0.4 is 15.3 Å². The van der Waals surface area contributed by atoms with Gasteiger partial charge in [0.1, 0.15) is 0 Å². The molecule has 0 aromatic heterocycles. The molecule has 360 valence electrons. The molecular formula is C49H94O8S3Sn. The fourth-order valence-electron chi connectivity index (χ4n) is 6.33. The number of carbonyl (C=O) groups is 4. The van der Waals surface area contributed by atoms with Gasteiger partial charge in [-0.25, -0.2) is 0 Å². The molecule has 3 unspecified atom stereocenters. The van der Waals surface area contributed by atoms with Gasteiger partial charge in [-0.3, -0.25) is 0 Å². The van der Waals surface area contributed by atoms with Crippen LogP contribution >= 0.6 is 37.9 Å². The molecule has 0 aliphatic carbocycles. The van der Waals surface area contributed by atoms with Gasteiger partial charge in [-0.2, -0.15) is 37.9 Å². The van der Waals surface area contributed by atoms with Crippen molar-refractivity contribution in [2.24, 2.45) is 0 Å². The number of unbranched alkanes of at least 4 members (excludes halogenated alkanes) is 28. The average Bonchev–Trinajstić information content (AvgIpc) is 3.23. The Balaban J connectivity index is -0.000000361. The van der Waals surface area contributed by atoms with Crippen LogP contribution in [0.4, 0.5) is 0 Å². The molecule has 0 heterocycles. The number of hydrogen-bond donors (Lipinski definition) is 3. The van der Waals surface area contributed by atoms with E-state index >= 15 is 0 Å². The number of aliphatic carboxylic acids is 3. The van der Waals surface area contributed by atoms with Crippen molar-refractivity contribution in [3.8, 4) is 0 Å². The third kappa shape index (κ3) is 64.1. The molecule has 0 radical (unpaired) electrons. The van der Waals surface area contributed by atoms with Crippen LogP contribution in [0.3, 0.4) is 0 Å². The van der Waals surface area contributed by atoms with E-state index in [1.54, 1.807) is 0 Å². The predicted octanol–water partition coefficient (Wildman–Crippen LogP) is 11.3. The number of esters is 1. The van der Waals surface area contributed by atoms with Crippen LogP contribution in [0.25, 0.3) is 0 Å². The number of thiol groups is 3. The maximum absolute atomic E-state index is 10.7. The Kier molecular flexibility index (Phi) is 63.7. The van der Waals surface area contributed by atoms with Gasteiger partial charge < -0.3 is 29.7 Å². The normalized spacial score (nSPS) is 12.1. The average molecular weight is 1030 g/mol. The first-order valence-corrected chi connectivity index (χ1v) is 28.4. The molecule has 0 fully saturated rings. The number of hydrogen-bond acceptors (Lipinski definition) is 11. The summed E-state index contributed by atoms with van der Waals surface area (Å²) in [7, 11) is 0. The van der Waals surface area contributed by atoms with Crippen LogP contribution in [0, 0.1) is 0 Å². The zero-order chi connectivity index (χ0) is 46.6. The molecule has 0 saturated heterocycles. The molecule has 0 aliphatic rings. The van der Waals surface area contributed by atoms with Crippen LogP contribution in [0.1, 0.15) is 259 Å². The molecule has 61 heavy (non-hydrogen) atoms. The van der Waals surface area contributed by atoms with Gasteiger partial charge in [0.25, 0.3) is 0 Å².